The third-order valence-electron chi connectivity index (χ3n) is 3.11. The van der Waals surface area contributed by atoms with Gasteiger partial charge >= 0.3 is 0 Å². The Balaban J connectivity index is 2.32. The maximum absolute atomic E-state index is 5.89. The van der Waals surface area contributed by atoms with Crippen LogP contribution in [0.25, 0.3) is 0 Å². The number of nitrogens with zero attached hydrogens (tertiary/aromatic N) is 2. The third kappa shape index (κ3) is 3.37. The third-order valence-corrected chi connectivity index (χ3v) is 3.11. The molecule has 2 N–H and O–H groups in total. The number of benzene rings is 1. The fourth-order valence-electron chi connectivity index (χ4n) is 1.97. The van der Waals surface area contributed by atoms with Gasteiger partial charge in [-0.25, -0.2) is 0 Å². The number of nitrogens with two attached hydrogens (primary N) is 1. The van der Waals surface area contributed by atoms with E-state index in [1.165, 1.54) is 0 Å². The van der Waals surface area contributed by atoms with E-state index in [0.717, 1.165) is 23.7 Å². The van der Waals surface area contributed by atoms with Crippen LogP contribution in [-0.2, 0) is 0 Å². The lowest BCUT2D eigenvalue weighted by molar-refractivity contribution is 0.307. The lowest BCUT2D eigenvalue weighted by atomic mass is 10.2. The van der Waals surface area contributed by atoms with E-state index in [9.17, 15) is 0 Å². The van der Waals surface area contributed by atoms with Gasteiger partial charge in [-0.2, -0.15) is 4.98 Å². The van der Waals surface area contributed by atoms with Crippen molar-refractivity contribution in [3.63, 3.8) is 0 Å². The Morgan fingerprint density at radius 1 is 1.19 bits per heavy atom. The van der Waals surface area contributed by atoms with Crippen molar-refractivity contribution in [1.82, 2.24) is 4.98 Å². The average molecular weight is 287 g/mol. The van der Waals surface area contributed by atoms with Gasteiger partial charge in [0.05, 0.1) is 25.1 Å². The van der Waals surface area contributed by atoms with Gasteiger partial charge in [-0.1, -0.05) is 19.1 Å². The molecule has 2 aromatic rings. The Morgan fingerprint density at radius 2 is 1.95 bits per heavy atom. The summed E-state index contributed by atoms with van der Waals surface area (Å²) >= 11 is 0. The topological polar surface area (TPSA) is 60.6 Å². The van der Waals surface area contributed by atoms with Gasteiger partial charge in [0.1, 0.15) is 11.6 Å². The van der Waals surface area contributed by atoms with Crippen molar-refractivity contribution in [3.8, 4) is 11.6 Å². The van der Waals surface area contributed by atoms with Crippen molar-refractivity contribution in [2.45, 2.75) is 13.3 Å². The molecule has 2 rings (SSSR count). The van der Waals surface area contributed by atoms with Crippen LogP contribution in [0, 0.1) is 0 Å². The summed E-state index contributed by atoms with van der Waals surface area (Å²) in [7, 11) is 3.58. The first-order valence-corrected chi connectivity index (χ1v) is 6.93. The van der Waals surface area contributed by atoms with Gasteiger partial charge in [-0.05, 0) is 30.7 Å². The second-order valence-electron chi connectivity index (χ2n) is 4.64. The Morgan fingerprint density at radius 3 is 2.67 bits per heavy atom. The van der Waals surface area contributed by atoms with Gasteiger partial charge in [0.15, 0.2) is 0 Å². The monoisotopic (exact) mass is 287 g/mol. The smallest absolute Gasteiger partial charge is 0.239 e. The highest BCUT2D eigenvalue weighted by atomic mass is 16.5. The maximum Gasteiger partial charge on any atom is 0.239 e. The minimum atomic E-state index is 0.469. The molecule has 5 heteroatoms. The van der Waals surface area contributed by atoms with Gasteiger partial charge in [-0.3, -0.25) is 0 Å². The maximum atomic E-state index is 5.89. The summed E-state index contributed by atoms with van der Waals surface area (Å²) in [5.74, 6) is 2.01. The predicted octanol–water partition coefficient (Wildman–Crippen LogP) is 3.23. The summed E-state index contributed by atoms with van der Waals surface area (Å²) in [6, 6.07) is 11.4. The highest BCUT2D eigenvalue weighted by molar-refractivity contribution is 5.68. The van der Waals surface area contributed by atoms with Crippen LogP contribution in [0.4, 0.5) is 17.2 Å². The summed E-state index contributed by atoms with van der Waals surface area (Å²) < 4.78 is 11.0. The van der Waals surface area contributed by atoms with E-state index in [2.05, 4.69) is 4.98 Å². The highest BCUT2D eigenvalue weighted by Gasteiger charge is 2.12. The van der Waals surface area contributed by atoms with Crippen LogP contribution in [0.3, 0.4) is 0 Å². The fraction of sp³-hybridized carbons (Fsp3) is 0.312. The highest BCUT2D eigenvalue weighted by Crippen LogP contribution is 2.33. The van der Waals surface area contributed by atoms with E-state index in [-0.39, 0.29) is 0 Å². The molecule has 0 saturated heterocycles. The van der Waals surface area contributed by atoms with Gasteiger partial charge in [0, 0.05) is 7.05 Å². The van der Waals surface area contributed by atoms with Crippen LogP contribution in [0.2, 0.25) is 0 Å². The van der Waals surface area contributed by atoms with Crippen molar-refractivity contribution < 1.29 is 9.47 Å². The number of hydrogen-bond donors (Lipinski definition) is 1. The molecule has 1 aromatic heterocycles. The van der Waals surface area contributed by atoms with E-state index in [1.54, 1.807) is 13.2 Å². The van der Waals surface area contributed by atoms with Crippen LogP contribution in [-0.4, -0.2) is 25.7 Å². The molecule has 0 atom stereocenters. The Bertz CT molecular complexity index is 602. The Kier molecular flexibility index (Phi) is 4.87. The number of methoxy groups -OCH3 is 1. The van der Waals surface area contributed by atoms with Crippen LogP contribution in [0.5, 0.6) is 11.6 Å². The predicted molar refractivity (Wildman–Crippen MR) is 85.5 cm³/mol. The van der Waals surface area contributed by atoms with Crippen molar-refractivity contribution in [2.24, 2.45) is 0 Å². The first-order chi connectivity index (χ1) is 10.2. The first-order valence-electron chi connectivity index (χ1n) is 6.93. The Hall–Kier alpha value is -2.43. The molecule has 1 aromatic carbocycles. The van der Waals surface area contributed by atoms with Crippen LogP contribution >= 0.6 is 0 Å². The minimum absolute atomic E-state index is 0.469. The number of nitrogen functional groups attached to an aromatic ring is 1. The van der Waals surface area contributed by atoms with Crippen molar-refractivity contribution in [3.05, 3.63) is 36.4 Å². The lowest BCUT2D eigenvalue weighted by Crippen LogP contribution is -2.13. The largest absolute Gasteiger partial charge is 0.495 e. The number of aromatic nitrogens is 1. The number of pyridine rings is 1. The second kappa shape index (κ2) is 6.83. The molecule has 0 saturated carbocycles. The molecule has 112 valence electrons. The van der Waals surface area contributed by atoms with Gasteiger partial charge in [0.25, 0.3) is 0 Å². The number of anilines is 3. The number of ether oxygens (including phenoxy) is 2. The molecular weight excluding hydrogens is 266 g/mol. The molecule has 0 aliphatic heterocycles. The van der Waals surface area contributed by atoms with Crippen molar-refractivity contribution >= 4 is 17.2 Å². The van der Waals surface area contributed by atoms with E-state index in [4.69, 9.17) is 15.2 Å². The molecule has 21 heavy (non-hydrogen) atoms. The minimum Gasteiger partial charge on any atom is -0.495 e. The van der Waals surface area contributed by atoms with Crippen molar-refractivity contribution in [2.75, 3.05) is 31.4 Å². The Labute approximate surface area is 125 Å². The summed E-state index contributed by atoms with van der Waals surface area (Å²) in [6.45, 7) is 2.64. The zero-order valence-electron chi connectivity index (χ0n) is 12.7. The molecule has 0 fully saturated rings. The van der Waals surface area contributed by atoms with Gasteiger partial charge in [0.2, 0.25) is 5.88 Å². The van der Waals surface area contributed by atoms with Crippen molar-refractivity contribution in [1.29, 1.82) is 0 Å². The number of rotatable bonds is 6. The molecule has 1 heterocycles. The van der Waals surface area contributed by atoms with Gasteiger partial charge in [-0.15, -0.1) is 0 Å². The summed E-state index contributed by atoms with van der Waals surface area (Å²) in [5.41, 5.74) is 7.37. The molecule has 0 aliphatic rings. The van der Waals surface area contributed by atoms with E-state index < -0.39 is 0 Å². The molecule has 0 amide bonds. The number of hydrogen-bond acceptors (Lipinski definition) is 5. The average Bonchev–Trinajstić information content (AvgIpc) is 2.53. The lowest BCUT2D eigenvalue weighted by Gasteiger charge is -2.21. The summed E-state index contributed by atoms with van der Waals surface area (Å²) in [5, 5.41) is 0. The molecular formula is C16H21N3O2. The van der Waals surface area contributed by atoms with E-state index in [0.29, 0.717) is 18.2 Å². The number of para-hydroxylation sites is 2. The zero-order valence-corrected chi connectivity index (χ0v) is 12.7. The normalized spacial score (nSPS) is 10.2. The molecule has 0 radical (unpaired) electrons. The zero-order chi connectivity index (χ0) is 15.2. The van der Waals surface area contributed by atoms with Gasteiger partial charge < -0.3 is 20.1 Å². The molecule has 0 spiro atoms. The van der Waals surface area contributed by atoms with Crippen LogP contribution in [0.1, 0.15) is 13.3 Å². The first kappa shape index (κ1) is 15.0. The van der Waals surface area contributed by atoms with E-state index >= 15 is 0 Å². The SMILES string of the molecule is CCCOc1nc(N(C)c2ccccc2OC)ccc1N. The molecule has 0 bridgehead atoms. The standard InChI is InChI=1S/C16H21N3O2/c1-4-11-21-16-12(17)9-10-15(18-16)19(2)13-7-5-6-8-14(13)20-3/h5-10H,4,11,17H2,1-3H3. The molecule has 0 aliphatic carbocycles. The van der Waals surface area contributed by atoms with Crippen LogP contribution < -0.4 is 20.1 Å². The van der Waals surface area contributed by atoms with Crippen LogP contribution in [0.15, 0.2) is 36.4 Å². The quantitative estimate of drug-likeness (QED) is 0.884. The fourth-order valence-corrected chi connectivity index (χ4v) is 1.97. The second-order valence-corrected chi connectivity index (χ2v) is 4.64. The summed E-state index contributed by atoms with van der Waals surface area (Å²) in [6.07, 6.45) is 0.910. The molecule has 5 nitrogen and oxygen atoms in total. The van der Waals surface area contributed by atoms with E-state index in [1.807, 2.05) is 49.2 Å². The summed E-state index contributed by atoms with van der Waals surface area (Å²) in [4.78, 5) is 6.43. The molecule has 0 unspecified atom stereocenters.